The van der Waals surface area contributed by atoms with Crippen molar-refractivity contribution in [3.05, 3.63) is 48.8 Å². The van der Waals surface area contributed by atoms with E-state index in [1.54, 1.807) is 26.6 Å². The Bertz CT molecular complexity index is 756. The van der Waals surface area contributed by atoms with Gasteiger partial charge in [-0.2, -0.15) is 0 Å². The number of hydrogen-bond acceptors (Lipinski definition) is 4. The van der Waals surface area contributed by atoms with Crippen molar-refractivity contribution in [1.29, 1.82) is 0 Å². The lowest BCUT2D eigenvalue weighted by atomic mass is 10.0. The third-order valence-corrected chi connectivity index (χ3v) is 3.21. The standard InChI is InChI=1S/C16H14N2O2/c1-19-14-7-3-5-12-11(14)8-10-17-15(12)13-6-4-9-18-16(13)20-2/h3-10H,1-2H3. The van der Waals surface area contributed by atoms with Gasteiger partial charge in [-0.3, -0.25) is 4.98 Å². The summed E-state index contributed by atoms with van der Waals surface area (Å²) in [6.07, 6.45) is 3.47. The topological polar surface area (TPSA) is 44.2 Å². The number of ether oxygens (including phenoxy) is 2. The molecule has 0 N–H and O–H groups in total. The van der Waals surface area contributed by atoms with Gasteiger partial charge >= 0.3 is 0 Å². The highest BCUT2D eigenvalue weighted by atomic mass is 16.5. The summed E-state index contributed by atoms with van der Waals surface area (Å²) in [4.78, 5) is 8.72. The Morgan fingerprint density at radius 2 is 1.70 bits per heavy atom. The van der Waals surface area contributed by atoms with Crippen molar-refractivity contribution in [3.63, 3.8) is 0 Å². The van der Waals surface area contributed by atoms with Crippen LogP contribution < -0.4 is 9.47 Å². The van der Waals surface area contributed by atoms with E-state index in [2.05, 4.69) is 9.97 Å². The molecule has 20 heavy (non-hydrogen) atoms. The average molecular weight is 266 g/mol. The Morgan fingerprint density at radius 3 is 2.50 bits per heavy atom. The molecule has 3 rings (SSSR count). The van der Waals surface area contributed by atoms with Crippen LogP contribution in [0.2, 0.25) is 0 Å². The highest BCUT2D eigenvalue weighted by molar-refractivity contribution is 5.98. The van der Waals surface area contributed by atoms with Gasteiger partial charge in [-0.05, 0) is 24.3 Å². The van der Waals surface area contributed by atoms with Crippen molar-refractivity contribution in [3.8, 4) is 22.9 Å². The minimum absolute atomic E-state index is 0.565. The van der Waals surface area contributed by atoms with E-state index in [9.17, 15) is 0 Å². The van der Waals surface area contributed by atoms with Gasteiger partial charge in [-0.25, -0.2) is 4.98 Å². The zero-order valence-corrected chi connectivity index (χ0v) is 11.3. The zero-order chi connectivity index (χ0) is 13.9. The van der Waals surface area contributed by atoms with Crippen LogP contribution in [0.4, 0.5) is 0 Å². The van der Waals surface area contributed by atoms with Crippen LogP contribution in [-0.4, -0.2) is 24.2 Å². The number of methoxy groups -OCH3 is 2. The third kappa shape index (κ3) is 1.95. The molecule has 0 saturated carbocycles. The van der Waals surface area contributed by atoms with Crippen LogP contribution >= 0.6 is 0 Å². The predicted molar refractivity (Wildman–Crippen MR) is 78.1 cm³/mol. The number of fused-ring (bicyclic) bond motifs is 1. The average Bonchev–Trinajstić information content (AvgIpc) is 2.53. The Labute approximate surface area is 117 Å². The maximum Gasteiger partial charge on any atom is 0.222 e. The van der Waals surface area contributed by atoms with E-state index in [4.69, 9.17) is 9.47 Å². The molecule has 0 aliphatic heterocycles. The van der Waals surface area contributed by atoms with E-state index in [1.165, 1.54) is 0 Å². The number of aromatic nitrogens is 2. The lowest BCUT2D eigenvalue weighted by Gasteiger charge is -2.11. The highest BCUT2D eigenvalue weighted by Crippen LogP contribution is 2.34. The van der Waals surface area contributed by atoms with Gasteiger partial charge in [0.25, 0.3) is 0 Å². The van der Waals surface area contributed by atoms with Crippen molar-refractivity contribution in [2.24, 2.45) is 0 Å². The first-order valence-electron chi connectivity index (χ1n) is 6.26. The van der Waals surface area contributed by atoms with E-state index in [-0.39, 0.29) is 0 Å². The van der Waals surface area contributed by atoms with Crippen molar-refractivity contribution in [1.82, 2.24) is 9.97 Å². The highest BCUT2D eigenvalue weighted by Gasteiger charge is 2.12. The Kier molecular flexibility index (Phi) is 3.21. The SMILES string of the molecule is COc1ncccc1-c1nccc2c(OC)cccc12. The molecule has 0 aliphatic carbocycles. The summed E-state index contributed by atoms with van der Waals surface area (Å²) < 4.78 is 10.7. The van der Waals surface area contributed by atoms with Crippen LogP contribution in [0.3, 0.4) is 0 Å². The first-order chi connectivity index (χ1) is 9.85. The van der Waals surface area contributed by atoms with E-state index < -0.39 is 0 Å². The molecular formula is C16H14N2O2. The van der Waals surface area contributed by atoms with E-state index in [1.807, 2.05) is 36.4 Å². The maximum absolute atomic E-state index is 5.40. The van der Waals surface area contributed by atoms with Crippen molar-refractivity contribution in [2.75, 3.05) is 14.2 Å². The van der Waals surface area contributed by atoms with Gasteiger partial charge in [0, 0.05) is 23.2 Å². The van der Waals surface area contributed by atoms with Crippen molar-refractivity contribution in [2.45, 2.75) is 0 Å². The first-order valence-corrected chi connectivity index (χ1v) is 6.26. The second-order valence-corrected chi connectivity index (χ2v) is 4.28. The molecule has 2 heterocycles. The number of rotatable bonds is 3. The van der Waals surface area contributed by atoms with Crippen LogP contribution in [0.5, 0.6) is 11.6 Å². The van der Waals surface area contributed by atoms with Gasteiger partial charge in [-0.1, -0.05) is 12.1 Å². The van der Waals surface area contributed by atoms with Gasteiger partial charge in [0.05, 0.1) is 25.5 Å². The van der Waals surface area contributed by atoms with Gasteiger partial charge in [-0.15, -0.1) is 0 Å². The minimum atomic E-state index is 0.565. The molecule has 0 amide bonds. The number of benzene rings is 1. The predicted octanol–water partition coefficient (Wildman–Crippen LogP) is 3.31. The molecule has 1 aromatic carbocycles. The Morgan fingerprint density at radius 1 is 0.800 bits per heavy atom. The molecule has 0 saturated heterocycles. The molecule has 0 spiro atoms. The third-order valence-electron chi connectivity index (χ3n) is 3.21. The van der Waals surface area contributed by atoms with E-state index >= 15 is 0 Å². The molecule has 0 aliphatic rings. The van der Waals surface area contributed by atoms with Crippen LogP contribution in [-0.2, 0) is 0 Å². The zero-order valence-electron chi connectivity index (χ0n) is 11.3. The summed E-state index contributed by atoms with van der Waals surface area (Å²) in [7, 11) is 3.27. The van der Waals surface area contributed by atoms with Crippen LogP contribution in [0.25, 0.3) is 22.0 Å². The fraction of sp³-hybridized carbons (Fsp3) is 0.125. The van der Waals surface area contributed by atoms with Gasteiger partial charge < -0.3 is 9.47 Å². The van der Waals surface area contributed by atoms with Crippen molar-refractivity contribution >= 4 is 10.8 Å². The van der Waals surface area contributed by atoms with Gasteiger partial charge in [0.1, 0.15) is 5.75 Å². The number of nitrogens with zero attached hydrogens (tertiary/aromatic N) is 2. The monoisotopic (exact) mass is 266 g/mol. The summed E-state index contributed by atoms with van der Waals surface area (Å²) >= 11 is 0. The number of pyridine rings is 2. The fourth-order valence-electron chi connectivity index (χ4n) is 2.30. The van der Waals surface area contributed by atoms with E-state index in [0.29, 0.717) is 5.88 Å². The second-order valence-electron chi connectivity index (χ2n) is 4.28. The quantitative estimate of drug-likeness (QED) is 0.729. The maximum atomic E-state index is 5.40. The molecule has 4 heteroatoms. The van der Waals surface area contributed by atoms with Crippen LogP contribution in [0.15, 0.2) is 48.8 Å². The molecule has 0 atom stereocenters. The molecule has 100 valence electrons. The molecule has 4 nitrogen and oxygen atoms in total. The summed E-state index contributed by atoms with van der Waals surface area (Å²) in [5, 5.41) is 2.03. The normalized spacial score (nSPS) is 10.5. The minimum Gasteiger partial charge on any atom is -0.496 e. The first kappa shape index (κ1) is 12.4. The molecular weight excluding hydrogens is 252 g/mol. The smallest absolute Gasteiger partial charge is 0.222 e. The van der Waals surface area contributed by atoms with Crippen molar-refractivity contribution < 1.29 is 9.47 Å². The summed E-state index contributed by atoms with van der Waals surface area (Å²) in [5.74, 6) is 1.39. The lowest BCUT2D eigenvalue weighted by Crippen LogP contribution is -1.94. The van der Waals surface area contributed by atoms with E-state index in [0.717, 1.165) is 27.8 Å². The lowest BCUT2D eigenvalue weighted by molar-refractivity contribution is 0.399. The number of hydrogen-bond donors (Lipinski definition) is 0. The Balaban J connectivity index is 2.32. The second kappa shape index (κ2) is 5.17. The largest absolute Gasteiger partial charge is 0.496 e. The van der Waals surface area contributed by atoms with Gasteiger partial charge in [0.15, 0.2) is 0 Å². The molecule has 3 aromatic rings. The molecule has 2 aromatic heterocycles. The Hall–Kier alpha value is -2.62. The molecule has 0 fully saturated rings. The summed E-state index contributed by atoms with van der Waals surface area (Å²) in [6.45, 7) is 0. The van der Waals surface area contributed by atoms with Crippen LogP contribution in [0.1, 0.15) is 0 Å². The molecule has 0 bridgehead atoms. The van der Waals surface area contributed by atoms with Gasteiger partial charge in [0.2, 0.25) is 5.88 Å². The molecule has 0 unspecified atom stereocenters. The molecule has 0 radical (unpaired) electrons. The van der Waals surface area contributed by atoms with Crippen LogP contribution in [0, 0.1) is 0 Å². The summed E-state index contributed by atoms with van der Waals surface area (Å²) in [5.41, 5.74) is 1.71. The fourth-order valence-corrected chi connectivity index (χ4v) is 2.30. The summed E-state index contributed by atoms with van der Waals surface area (Å²) in [6, 6.07) is 11.7.